The zero-order valence-corrected chi connectivity index (χ0v) is 36.9. The van der Waals surface area contributed by atoms with Gasteiger partial charge in [0.15, 0.2) is 0 Å². The lowest BCUT2D eigenvalue weighted by atomic mass is 9.94. The number of aliphatic carboxylic acids is 1. The first-order valence-corrected chi connectivity index (χ1v) is 20.9. The molecule has 1 aromatic carbocycles. The van der Waals surface area contributed by atoms with Gasteiger partial charge in [-0.25, -0.2) is 4.79 Å². The van der Waals surface area contributed by atoms with Crippen LogP contribution in [0.3, 0.4) is 0 Å². The first kappa shape index (κ1) is 51.6. The first-order valence-electron chi connectivity index (χ1n) is 20.9. The van der Waals surface area contributed by atoms with Crippen LogP contribution in [-0.4, -0.2) is 214 Å². The van der Waals surface area contributed by atoms with E-state index in [1.54, 1.807) is 29.0 Å². The number of carbonyl (C=O) groups is 9. The summed E-state index contributed by atoms with van der Waals surface area (Å²) in [5.41, 5.74) is 1.88. The van der Waals surface area contributed by atoms with Gasteiger partial charge in [0.1, 0.15) is 6.04 Å². The van der Waals surface area contributed by atoms with Crippen molar-refractivity contribution in [2.75, 3.05) is 120 Å². The summed E-state index contributed by atoms with van der Waals surface area (Å²) in [5.74, 6) is -4.67. The topological polar surface area (TPSA) is 245 Å². The fourth-order valence-electron chi connectivity index (χ4n) is 6.98. The third-order valence-corrected chi connectivity index (χ3v) is 10.8. The molecule has 2 aliphatic rings. The Morgan fingerprint density at radius 1 is 0.778 bits per heavy atom. The molecule has 2 aliphatic heterocycles. The molecule has 0 saturated heterocycles. The summed E-state index contributed by atoms with van der Waals surface area (Å²) in [6.45, 7) is 5.57. The van der Waals surface area contributed by atoms with Gasteiger partial charge in [0.05, 0.1) is 54.1 Å². The third kappa shape index (κ3) is 17.5. The summed E-state index contributed by atoms with van der Waals surface area (Å²) < 4.78 is 14.5. The highest BCUT2D eigenvalue weighted by molar-refractivity contribution is 6.12. The highest BCUT2D eigenvalue weighted by atomic mass is 16.5. The number of carboxylic acids is 1. The number of unbranched alkanes of at least 4 members (excludes halogenated alkanes) is 1. The molecule has 0 bridgehead atoms. The van der Waals surface area contributed by atoms with Gasteiger partial charge in [-0.1, -0.05) is 19.1 Å². The second-order valence-electron chi connectivity index (χ2n) is 15.2. The number of nitrogens with zero attached hydrogens (tertiary/aromatic N) is 6. The minimum absolute atomic E-state index is 0.00420. The maximum Gasteiger partial charge on any atom is 0.326 e. The van der Waals surface area contributed by atoms with E-state index in [2.05, 4.69) is 10.6 Å². The van der Waals surface area contributed by atoms with Gasteiger partial charge < -0.3 is 34.9 Å². The Balaban J connectivity index is 1.52. The van der Waals surface area contributed by atoms with Crippen LogP contribution in [-0.2, 0) is 65.5 Å². The Bertz CT molecular complexity index is 1810. The third-order valence-electron chi connectivity index (χ3n) is 10.8. The monoisotopic (exact) mass is 886 g/mol. The van der Waals surface area contributed by atoms with Crippen LogP contribution in [0.15, 0.2) is 30.4 Å². The van der Waals surface area contributed by atoms with Gasteiger partial charge in [-0.3, -0.25) is 62.9 Å². The van der Waals surface area contributed by atoms with Gasteiger partial charge in [-0.2, -0.15) is 0 Å². The molecule has 0 radical (unpaired) electrons. The summed E-state index contributed by atoms with van der Waals surface area (Å²) in [4.78, 5) is 121. The van der Waals surface area contributed by atoms with Gasteiger partial charge in [-0.15, -0.1) is 0 Å². The van der Waals surface area contributed by atoms with Gasteiger partial charge in [0, 0.05) is 76.6 Å². The standard InChI is InChI=1S/C42H62N8O13/c1-6-46(20-21-48(29-40(57)63-5)23-22-47(28-39(56)62-4)19-18-45(2)27-38(55)61-3)26-37(54)49-17-15-31-30(25-49)10-9-11-32(31)41(58)43-24-34(51)44-33(42(59)60)12-7-8-16-50-35(52)13-14-36(50)53/h9-11,13-14,33H,6-8,12,15-29H2,1-5H3,(H,43,58)(H,44,51)(H,59,60)/t33-/m0/s1. The van der Waals surface area contributed by atoms with Gasteiger partial charge in [0.25, 0.3) is 17.7 Å². The number of carboxylic acid groups (broad SMARTS) is 1. The maximum absolute atomic E-state index is 13.6. The Morgan fingerprint density at radius 3 is 1.92 bits per heavy atom. The smallest absolute Gasteiger partial charge is 0.326 e. The van der Waals surface area contributed by atoms with Crippen LogP contribution in [0.4, 0.5) is 0 Å². The van der Waals surface area contributed by atoms with Crippen molar-refractivity contribution in [1.82, 2.24) is 40.0 Å². The summed E-state index contributed by atoms with van der Waals surface area (Å²) in [7, 11) is 5.69. The SMILES string of the molecule is CCN(CCN(CCN(CCN(C)CC(=O)OC)CC(=O)OC)CC(=O)OC)CC(=O)N1CCc2c(cccc2C(=O)NCC(=O)N[C@@H](CCCCN2C(=O)C=CC2=O)C(=O)O)C1. The molecule has 3 N–H and O–H groups in total. The number of likely N-dealkylation sites (N-methyl/N-ethyl adjacent to an activating group) is 2. The van der Waals surface area contributed by atoms with E-state index >= 15 is 0 Å². The first-order chi connectivity index (χ1) is 30.1. The summed E-state index contributed by atoms with van der Waals surface area (Å²) in [5, 5.41) is 14.6. The van der Waals surface area contributed by atoms with Crippen LogP contribution in [0.2, 0.25) is 0 Å². The highest BCUT2D eigenvalue weighted by Gasteiger charge is 2.27. The number of rotatable bonds is 28. The van der Waals surface area contributed by atoms with E-state index in [0.29, 0.717) is 77.2 Å². The van der Waals surface area contributed by atoms with Crippen molar-refractivity contribution in [3.63, 3.8) is 0 Å². The summed E-state index contributed by atoms with van der Waals surface area (Å²) in [6.07, 6.45) is 3.47. The van der Waals surface area contributed by atoms with Crippen molar-refractivity contribution in [3.05, 3.63) is 47.0 Å². The van der Waals surface area contributed by atoms with E-state index in [-0.39, 0.29) is 57.6 Å². The van der Waals surface area contributed by atoms with Crippen LogP contribution in [0.1, 0.15) is 47.7 Å². The minimum atomic E-state index is -1.25. The molecule has 0 spiro atoms. The molecular formula is C42H62N8O13. The highest BCUT2D eigenvalue weighted by Crippen LogP contribution is 2.23. The molecule has 0 aromatic heterocycles. The average Bonchev–Trinajstić information content (AvgIpc) is 3.59. The van der Waals surface area contributed by atoms with Gasteiger partial charge in [0.2, 0.25) is 11.8 Å². The second kappa shape index (κ2) is 26.6. The molecule has 3 rings (SSSR count). The number of nitrogens with one attached hydrogen (secondary N) is 2. The normalized spacial score (nSPS) is 14.0. The molecule has 0 aliphatic carbocycles. The molecule has 2 heterocycles. The summed E-state index contributed by atoms with van der Waals surface area (Å²) >= 11 is 0. The Morgan fingerprint density at radius 2 is 1.35 bits per heavy atom. The number of benzene rings is 1. The molecule has 21 heteroatoms. The van der Waals surface area contributed by atoms with Crippen molar-refractivity contribution in [2.24, 2.45) is 0 Å². The zero-order chi connectivity index (χ0) is 46.5. The van der Waals surface area contributed by atoms with Crippen LogP contribution in [0, 0.1) is 0 Å². The van der Waals surface area contributed by atoms with Gasteiger partial charge in [-0.05, 0) is 56.5 Å². The molecule has 5 amide bonds. The van der Waals surface area contributed by atoms with Crippen molar-refractivity contribution in [2.45, 2.75) is 45.2 Å². The fourth-order valence-corrected chi connectivity index (χ4v) is 6.98. The number of esters is 3. The number of ether oxygens (including phenoxy) is 3. The molecule has 0 saturated carbocycles. The van der Waals surface area contributed by atoms with E-state index in [9.17, 15) is 48.3 Å². The lowest BCUT2D eigenvalue weighted by Crippen LogP contribution is -2.47. The molecule has 0 fully saturated rings. The maximum atomic E-state index is 13.6. The van der Waals surface area contributed by atoms with E-state index < -0.39 is 54.1 Å². The van der Waals surface area contributed by atoms with Gasteiger partial charge >= 0.3 is 23.9 Å². The molecule has 0 unspecified atom stereocenters. The molecule has 1 aromatic rings. The Hall–Kier alpha value is -5.77. The van der Waals surface area contributed by atoms with Crippen molar-refractivity contribution in [1.29, 1.82) is 0 Å². The van der Waals surface area contributed by atoms with Crippen LogP contribution in [0.5, 0.6) is 0 Å². The number of amides is 5. The number of hydrogen-bond acceptors (Lipinski definition) is 16. The zero-order valence-electron chi connectivity index (χ0n) is 36.9. The predicted molar refractivity (Wildman–Crippen MR) is 226 cm³/mol. The molecule has 1 atom stereocenters. The van der Waals surface area contributed by atoms with E-state index in [0.717, 1.165) is 16.0 Å². The number of methoxy groups -OCH3 is 3. The average molecular weight is 887 g/mol. The molecule has 63 heavy (non-hydrogen) atoms. The fraction of sp³-hybridized carbons (Fsp3) is 0.595. The van der Waals surface area contributed by atoms with Crippen molar-refractivity contribution in [3.8, 4) is 0 Å². The lowest BCUT2D eigenvalue weighted by Gasteiger charge is -2.33. The van der Waals surface area contributed by atoms with Crippen LogP contribution < -0.4 is 10.6 Å². The van der Waals surface area contributed by atoms with Crippen molar-refractivity contribution < 1.29 is 62.5 Å². The number of fused-ring (bicyclic) bond motifs is 1. The number of hydrogen-bond donors (Lipinski definition) is 3. The Labute approximate surface area is 367 Å². The number of carbonyl (C=O) groups excluding carboxylic acids is 8. The van der Waals surface area contributed by atoms with Crippen molar-refractivity contribution >= 4 is 53.4 Å². The second-order valence-corrected chi connectivity index (χ2v) is 15.2. The molecular weight excluding hydrogens is 825 g/mol. The summed E-state index contributed by atoms with van der Waals surface area (Å²) in [6, 6.07) is 3.94. The molecule has 21 nitrogen and oxygen atoms in total. The van der Waals surface area contributed by atoms with E-state index in [1.165, 1.54) is 33.5 Å². The largest absolute Gasteiger partial charge is 0.480 e. The van der Waals surface area contributed by atoms with Crippen LogP contribution in [0.25, 0.3) is 0 Å². The van der Waals surface area contributed by atoms with E-state index in [1.807, 2.05) is 27.7 Å². The van der Waals surface area contributed by atoms with E-state index in [4.69, 9.17) is 14.2 Å². The lowest BCUT2D eigenvalue weighted by molar-refractivity contribution is -0.144. The Kier molecular flexibility index (Phi) is 21.8. The minimum Gasteiger partial charge on any atom is -0.480 e. The quantitative estimate of drug-likeness (QED) is 0.0369. The van der Waals surface area contributed by atoms with Crippen LogP contribution >= 0.6 is 0 Å². The predicted octanol–water partition coefficient (Wildman–Crippen LogP) is -1.66. The number of imide groups is 1. The molecule has 348 valence electrons.